The van der Waals surface area contributed by atoms with Crippen LogP contribution in [0.25, 0.3) is 0 Å². The third-order valence-corrected chi connectivity index (χ3v) is 2.02. The number of rotatable bonds is 4. The number of aryl methyl sites for hydroxylation is 2. The van der Waals surface area contributed by atoms with Gasteiger partial charge in [0.15, 0.2) is 0 Å². The second kappa shape index (κ2) is 9.54. The van der Waals surface area contributed by atoms with Crippen LogP contribution in [-0.4, -0.2) is 4.57 Å². The maximum atomic E-state index is 3.25. The summed E-state index contributed by atoms with van der Waals surface area (Å²) in [5.74, 6) is 0.828. The Balaban J connectivity index is 0.000000437. The number of nitrogens with zero attached hydrogens (tertiary/aromatic N) is 2. The van der Waals surface area contributed by atoms with Crippen molar-refractivity contribution in [1.82, 2.24) is 4.57 Å². The molecule has 0 aliphatic heterocycles. The van der Waals surface area contributed by atoms with Crippen LogP contribution >= 0.6 is 56.4 Å². The first kappa shape index (κ1) is 18.6. The Labute approximate surface area is 135 Å². The molecule has 0 aromatic carbocycles. The normalized spacial score (nSPS) is 12.2. The average molecular weight is 543 g/mol. The van der Waals surface area contributed by atoms with Gasteiger partial charge in [0.25, 0.3) is 0 Å². The molecule has 104 valence electrons. The molecule has 0 saturated heterocycles. The molecule has 0 amide bonds. The Morgan fingerprint density at radius 1 is 1.24 bits per heavy atom. The van der Waals surface area contributed by atoms with Crippen LogP contribution < -0.4 is 4.57 Å². The summed E-state index contributed by atoms with van der Waals surface area (Å²) in [4.78, 5) is 0. The van der Waals surface area contributed by atoms with E-state index >= 15 is 0 Å². The fourth-order valence-corrected chi connectivity index (χ4v) is 1.32. The first-order valence-corrected chi connectivity index (χ1v) is 16.1. The SMILES string of the molecule is CC(C)CCC[n+]1ccn(C)c1.[Br][Fe]([Br])([Br])[Br]. The third kappa shape index (κ3) is 15.6. The summed E-state index contributed by atoms with van der Waals surface area (Å²) in [6.07, 6.45) is 8.93. The van der Waals surface area contributed by atoms with Crippen LogP contribution in [0.2, 0.25) is 0 Å². The van der Waals surface area contributed by atoms with Crippen molar-refractivity contribution in [3.05, 3.63) is 18.7 Å². The molecule has 0 aliphatic rings. The van der Waals surface area contributed by atoms with Crippen molar-refractivity contribution in [2.45, 2.75) is 33.2 Å². The Bertz CT molecular complexity index is 303. The molecule has 0 atom stereocenters. The monoisotopic (exact) mass is 539 g/mol. The van der Waals surface area contributed by atoms with Gasteiger partial charge in [-0.1, -0.05) is 13.8 Å². The van der Waals surface area contributed by atoms with E-state index in [1.165, 1.54) is 12.8 Å². The zero-order chi connectivity index (χ0) is 13.5. The van der Waals surface area contributed by atoms with E-state index in [-0.39, 0.29) is 0 Å². The molecule has 0 bridgehead atoms. The van der Waals surface area contributed by atoms with Crippen LogP contribution in [0.15, 0.2) is 18.7 Å². The fourth-order valence-electron chi connectivity index (χ4n) is 1.32. The average Bonchev–Trinajstić information content (AvgIpc) is 2.47. The Hall–Kier alpha value is 1.65. The summed E-state index contributed by atoms with van der Waals surface area (Å²) in [5.41, 5.74) is -1.25. The zero-order valence-corrected chi connectivity index (χ0v) is 17.6. The van der Waals surface area contributed by atoms with Crippen molar-refractivity contribution in [2.24, 2.45) is 13.0 Å². The quantitative estimate of drug-likeness (QED) is 0.369. The topological polar surface area (TPSA) is 8.81 Å². The van der Waals surface area contributed by atoms with Crippen molar-refractivity contribution in [3.8, 4) is 0 Å². The van der Waals surface area contributed by atoms with Crippen molar-refractivity contribution < 1.29 is 10.2 Å². The molecule has 0 radical (unpaired) electrons. The summed E-state index contributed by atoms with van der Waals surface area (Å²) in [5, 5.41) is 0. The second-order valence-corrected chi connectivity index (χ2v) is 37.6. The summed E-state index contributed by atoms with van der Waals surface area (Å²) >= 11 is 13.0. The molecule has 0 spiro atoms. The molecular weight excluding hydrogens is 524 g/mol. The van der Waals surface area contributed by atoms with Crippen LogP contribution in [0, 0.1) is 5.92 Å². The molecule has 2 nitrogen and oxygen atoms in total. The molecule has 1 aromatic rings. The second-order valence-electron chi connectivity index (χ2n) is 4.16. The Kier molecular flexibility index (Phi) is 10.5. The predicted molar refractivity (Wildman–Crippen MR) is 85.4 cm³/mol. The van der Waals surface area contributed by atoms with E-state index in [1.807, 2.05) is 0 Å². The van der Waals surface area contributed by atoms with Gasteiger partial charge in [-0.3, -0.25) is 0 Å². The molecule has 0 aliphatic carbocycles. The zero-order valence-electron chi connectivity index (χ0n) is 10.2. The molecule has 0 N–H and O–H groups in total. The number of imidazole rings is 1. The van der Waals surface area contributed by atoms with Gasteiger partial charge in [-0.05, 0) is 18.8 Å². The van der Waals surface area contributed by atoms with E-state index < -0.39 is 5.61 Å². The van der Waals surface area contributed by atoms with Crippen molar-refractivity contribution in [2.75, 3.05) is 0 Å². The summed E-state index contributed by atoms with van der Waals surface area (Å²) in [7, 11) is 2.05. The number of aromatic nitrogens is 2. The molecule has 0 saturated carbocycles. The molecule has 7 heteroatoms. The summed E-state index contributed by atoms with van der Waals surface area (Å²) in [6.45, 7) is 5.70. The maximum absolute atomic E-state index is 3.25. The Morgan fingerprint density at radius 3 is 2.12 bits per heavy atom. The minimum absolute atomic E-state index is 0.828. The number of hydrogen-bond acceptors (Lipinski definition) is 0. The molecule has 1 rings (SSSR count). The van der Waals surface area contributed by atoms with E-state index in [0.29, 0.717) is 0 Å². The molecule has 1 heterocycles. The minimum atomic E-state index is -1.25. The first-order valence-electron chi connectivity index (χ1n) is 5.23. The molecule has 0 unspecified atom stereocenters. The molecule has 0 fully saturated rings. The van der Waals surface area contributed by atoms with Crippen LogP contribution in [0.4, 0.5) is 0 Å². The van der Waals surface area contributed by atoms with Gasteiger partial charge in [-0.15, -0.1) is 0 Å². The van der Waals surface area contributed by atoms with Gasteiger partial charge in [0, 0.05) is 0 Å². The molecular formula is C10H19Br4FeN2+. The van der Waals surface area contributed by atoms with Crippen molar-refractivity contribution in [3.63, 3.8) is 0 Å². The van der Waals surface area contributed by atoms with Crippen LogP contribution in [-0.2, 0) is 19.2 Å². The van der Waals surface area contributed by atoms with Gasteiger partial charge in [0.1, 0.15) is 12.4 Å². The summed E-state index contributed by atoms with van der Waals surface area (Å²) < 4.78 is 4.32. The van der Waals surface area contributed by atoms with E-state index in [0.717, 1.165) is 12.5 Å². The van der Waals surface area contributed by atoms with Gasteiger partial charge >= 0.3 is 62.1 Å². The molecule has 1 aromatic heterocycles. The van der Waals surface area contributed by atoms with Gasteiger partial charge < -0.3 is 0 Å². The summed E-state index contributed by atoms with van der Waals surface area (Å²) in [6, 6.07) is 0. The van der Waals surface area contributed by atoms with Gasteiger partial charge in [0.2, 0.25) is 6.33 Å². The van der Waals surface area contributed by atoms with Crippen molar-refractivity contribution in [1.29, 1.82) is 0 Å². The van der Waals surface area contributed by atoms with E-state index in [9.17, 15) is 0 Å². The first-order chi connectivity index (χ1) is 7.68. The van der Waals surface area contributed by atoms with Crippen LogP contribution in [0.3, 0.4) is 0 Å². The third-order valence-electron chi connectivity index (χ3n) is 2.02. The van der Waals surface area contributed by atoms with Gasteiger partial charge in [-0.25, -0.2) is 9.13 Å². The number of hydrogen-bond donors (Lipinski definition) is 0. The number of halogens is 4. The van der Waals surface area contributed by atoms with Crippen LogP contribution in [0.5, 0.6) is 0 Å². The van der Waals surface area contributed by atoms with Gasteiger partial charge in [0.05, 0.1) is 13.6 Å². The Morgan fingerprint density at radius 2 is 1.76 bits per heavy atom. The van der Waals surface area contributed by atoms with Crippen molar-refractivity contribution >= 4 is 56.4 Å². The predicted octanol–water partition coefficient (Wildman–Crippen LogP) is 5.13. The van der Waals surface area contributed by atoms with E-state index in [4.69, 9.17) is 0 Å². The van der Waals surface area contributed by atoms with E-state index in [1.54, 1.807) is 0 Å². The van der Waals surface area contributed by atoms with E-state index in [2.05, 4.69) is 105 Å². The van der Waals surface area contributed by atoms with Crippen LogP contribution in [0.1, 0.15) is 26.7 Å². The standard InChI is InChI=1S/C10H19N2.4BrH.Fe/c1-10(2)5-4-6-12-8-7-11(3)9-12;;;;;/h7-10H,4-6H2,1-3H3;4*1H;/q+1;;;;;+4/p-4. The van der Waals surface area contributed by atoms with Gasteiger partial charge in [-0.2, -0.15) is 0 Å². The molecule has 17 heavy (non-hydrogen) atoms. The fraction of sp³-hybridized carbons (Fsp3) is 0.700.